The zero-order valence-electron chi connectivity index (χ0n) is 15.4. The smallest absolute Gasteiger partial charge is 0.356 e. The van der Waals surface area contributed by atoms with E-state index in [1.54, 1.807) is 37.3 Å². The zero-order valence-corrected chi connectivity index (χ0v) is 15.4. The summed E-state index contributed by atoms with van der Waals surface area (Å²) in [6.45, 7) is 1.73. The number of fused-ring (bicyclic) bond motifs is 3. The topological polar surface area (TPSA) is 81.3 Å². The van der Waals surface area contributed by atoms with E-state index in [1.807, 2.05) is 30.3 Å². The van der Waals surface area contributed by atoms with E-state index >= 15 is 0 Å². The van der Waals surface area contributed by atoms with Gasteiger partial charge in [0, 0.05) is 16.3 Å². The molecule has 0 bridgehead atoms. The predicted molar refractivity (Wildman–Crippen MR) is 105 cm³/mol. The van der Waals surface area contributed by atoms with E-state index in [0.29, 0.717) is 11.3 Å². The fourth-order valence-corrected chi connectivity index (χ4v) is 3.23. The summed E-state index contributed by atoms with van der Waals surface area (Å²) in [6.07, 6.45) is -0.673. The molecule has 0 amide bonds. The number of H-pyrrole nitrogens is 1. The zero-order chi connectivity index (χ0) is 19.7. The molecule has 0 radical (unpaired) electrons. The Balaban J connectivity index is 1.82. The van der Waals surface area contributed by atoms with Crippen LogP contribution < -0.4 is 0 Å². The lowest BCUT2D eigenvalue weighted by atomic mass is 10.1. The van der Waals surface area contributed by atoms with Crippen molar-refractivity contribution in [3.63, 3.8) is 0 Å². The lowest BCUT2D eigenvalue weighted by Crippen LogP contribution is -2.13. The maximum absolute atomic E-state index is 12.5. The molecule has 6 heteroatoms. The molecule has 0 aliphatic heterocycles. The van der Waals surface area contributed by atoms with Gasteiger partial charge in [0.2, 0.25) is 0 Å². The molecule has 0 saturated heterocycles. The fraction of sp³-hybridized carbons (Fsp3) is 0.136. The van der Waals surface area contributed by atoms with E-state index in [2.05, 4.69) is 9.97 Å². The van der Waals surface area contributed by atoms with Gasteiger partial charge in [-0.25, -0.2) is 14.6 Å². The van der Waals surface area contributed by atoms with Gasteiger partial charge in [0.1, 0.15) is 17.5 Å². The number of hydrogen-bond acceptors (Lipinski definition) is 5. The Morgan fingerprint density at radius 1 is 0.964 bits per heavy atom. The fourth-order valence-electron chi connectivity index (χ4n) is 3.23. The molecule has 4 rings (SSSR count). The second kappa shape index (κ2) is 7.15. The first-order valence-electron chi connectivity index (χ1n) is 8.84. The highest BCUT2D eigenvalue weighted by atomic mass is 16.5. The summed E-state index contributed by atoms with van der Waals surface area (Å²) in [6, 6.07) is 18.2. The molecule has 0 spiro atoms. The van der Waals surface area contributed by atoms with Crippen molar-refractivity contribution in [1.29, 1.82) is 0 Å². The molecule has 2 heterocycles. The number of methoxy groups -OCH3 is 1. The van der Waals surface area contributed by atoms with Gasteiger partial charge in [0.25, 0.3) is 0 Å². The number of hydrogen-bond donors (Lipinski definition) is 1. The van der Waals surface area contributed by atoms with Crippen molar-refractivity contribution in [1.82, 2.24) is 9.97 Å². The summed E-state index contributed by atoms with van der Waals surface area (Å²) >= 11 is 0. The van der Waals surface area contributed by atoms with Crippen LogP contribution in [0.4, 0.5) is 0 Å². The number of carbonyl (C=O) groups excluding carboxylic acids is 2. The summed E-state index contributed by atoms with van der Waals surface area (Å²) in [7, 11) is 1.31. The van der Waals surface area contributed by atoms with Gasteiger partial charge in [0.05, 0.1) is 18.2 Å². The third-order valence-electron chi connectivity index (χ3n) is 4.60. The van der Waals surface area contributed by atoms with Crippen molar-refractivity contribution in [3.8, 4) is 0 Å². The minimum absolute atomic E-state index is 0.164. The molecule has 0 fully saturated rings. The normalized spacial score (nSPS) is 12.1. The standard InChI is InChI=1S/C22H18N2O4/c1-13(28-21(25)14-8-4-3-5-9-14)19-20-16(12-18(24-19)22(26)27-2)15-10-6-7-11-17(15)23-20/h3-13,23H,1-2H3/t13-/m1/s1. The number of carbonyl (C=O) groups is 2. The van der Waals surface area contributed by atoms with Crippen molar-refractivity contribution in [2.75, 3.05) is 7.11 Å². The van der Waals surface area contributed by atoms with Crippen LogP contribution in [-0.2, 0) is 9.47 Å². The third kappa shape index (κ3) is 3.09. The quantitative estimate of drug-likeness (QED) is 0.535. The van der Waals surface area contributed by atoms with Crippen LogP contribution in [0.25, 0.3) is 21.8 Å². The Labute approximate surface area is 161 Å². The van der Waals surface area contributed by atoms with Crippen LogP contribution in [0.2, 0.25) is 0 Å². The van der Waals surface area contributed by atoms with Gasteiger partial charge < -0.3 is 14.5 Å². The first-order chi connectivity index (χ1) is 13.6. The second-order valence-electron chi connectivity index (χ2n) is 6.39. The first-order valence-corrected chi connectivity index (χ1v) is 8.84. The van der Waals surface area contributed by atoms with Crippen molar-refractivity contribution in [3.05, 3.63) is 77.6 Å². The number of benzene rings is 2. The number of esters is 2. The lowest BCUT2D eigenvalue weighted by Gasteiger charge is -2.15. The highest BCUT2D eigenvalue weighted by Gasteiger charge is 2.22. The minimum atomic E-state index is -0.673. The largest absolute Gasteiger partial charge is 0.464 e. The SMILES string of the molecule is COC(=O)c1cc2c([nH]c3ccccc32)c([C@@H](C)OC(=O)c2ccccc2)n1. The number of ether oxygens (including phenoxy) is 2. The molecular formula is C22H18N2O4. The number of aromatic nitrogens is 2. The Morgan fingerprint density at radius 3 is 2.43 bits per heavy atom. The number of nitrogens with zero attached hydrogens (tertiary/aromatic N) is 1. The Kier molecular flexibility index (Phi) is 4.53. The van der Waals surface area contributed by atoms with Crippen molar-refractivity contribution >= 4 is 33.7 Å². The maximum atomic E-state index is 12.5. The maximum Gasteiger partial charge on any atom is 0.356 e. The van der Waals surface area contributed by atoms with Crippen LogP contribution in [-0.4, -0.2) is 29.0 Å². The van der Waals surface area contributed by atoms with Gasteiger partial charge >= 0.3 is 11.9 Å². The van der Waals surface area contributed by atoms with Crippen LogP contribution >= 0.6 is 0 Å². The van der Waals surface area contributed by atoms with Crippen molar-refractivity contribution < 1.29 is 19.1 Å². The Morgan fingerprint density at radius 2 is 1.68 bits per heavy atom. The van der Waals surface area contributed by atoms with Crippen molar-refractivity contribution in [2.45, 2.75) is 13.0 Å². The van der Waals surface area contributed by atoms with E-state index in [9.17, 15) is 9.59 Å². The van der Waals surface area contributed by atoms with Gasteiger partial charge in [0.15, 0.2) is 0 Å². The molecule has 4 aromatic rings. The molecule has 1 N–H and O–H groups in total. The average molecular weight is 374 g/mol. The van der Waals surface area contributed by atoms with Gasteiger partial charge in [-0.3, -0.25) is 0 Å². The van der Waals surface area contributed by atoms with Crippen LogP contribution in [0, 0.1) is 0 Å². The second-order valence-corrected chi connectivity index (χ2v) is 6.39. The molecule has 2 aromatic carbocycles. The van der Waals surface area contributed by atoms with Gasteiger partial charge in [-0.1, -0.05) is 36.4 Å². The van der Waals surface area contributed by atoms with E-state index < -0.39 is 18.0 Å². The highest BCUT2D eigenvalue weighted by Crippen LogP contribution is 2.31. The van der Waals surface area contributed by atoms with Gasteiger partial charge in [-0.05, 0) is 31.2 Å². The Hall–Kier alpha value is -3.67. The highest BCUT2D eigenvalue weighted by molar-refractivity contribution is 6.09. The molecule has 1 atom stereocenters. The van der Waals surface area contributed by atoms with Crippen molar-refractivity contribution in [2.24, 2.45) is 0 Å². The summed E-state index contributed by atoms with van der Waals surface area (Å²) < 4.78 is 10.5. The summed E-state index contributed by atoms with van der Waals surface area (Å²) in [5.74, 6) is -1.00. The number of para-hydroxylation sites is 1. The monoisotopic (exact) mass is 374 g/mol. The molecule has 6 nitrogen and oxygen atoms in total. The molecule has 0 unspecified atom stereocenters. The summed E-state index contributed by atoms with van der Waals surface area (Å²) in [5.41, 5.74) is 2.72. The lowest BCUT2D eigenvalue weighted by molar-refractivity contribution is 0.0332. The number of aromatic amines is 1. The van der Waals surface area contributed by atoms with Gasteiger partial charge in [-0.2, -0.15) is 0 Å². The first kappa shape index (κ1) is 17.7. The molecule has 0 aliphatic carbocycles. The van der Waals surface area contributed by atoms with E-state index in [0.717, 1.165) is 21.8 Å². The molecular weight excluding hydrogens is 356 g/mol. The Bertz CT molecular complexity index is 1180. The predicted octanol–water partition coefficient (Wildman–Crippen LogP) is 4.42. The number of pyridine rings is 1. The number of rotatable bonds is 4. The summed E-state index contributed by atoms with van der Waals surface area (Å²) in [5, 5.41) is 1.77. The average Bonchev–Trinajstić information content (AvgIpc) is 3.11. The molecule has 28 heavy (non-hydrogen) atoms. The molecule has 140 valence electrons. The van der Waals surface area contributed by atoms with E-state index in [-0.39, 0.29) is 5.69 Å². The van der Waals surface area contributed by atoms with Crippen LogP contribution in [0.15, 0.2) is 60.7 Å². The van der Waals surface area contributed by atoms with Crippen LogP contribution in [0.3, 0.4) is 0 Å². The molecule has 2 aromatic heterocycles. The minimum Gasteiger partial charge on any atom is -0.464 e. The van der Waals surface area contributed by atoms with E-state index in [1.165, 1.54) is 7.11 Å². The van der Waals surface area contributed by atoms with E-state index in [4.69, 9.17) is 9.47 Å². The van der Waals surface area contributed by atoms with Crippen LogP contribution in [0.1, 0.15) is 39.6 Å². The summed E-state index contributed by atoms with van der Waals surface area (Å²) in [4.78, 5) is 32.3. The van der Waals surface area contributed by atoms with Gasteiger partial charge in [-0.15, -0.1) is 0 Å². The number of nitrogens with one attached hydrogen (secondary N) is 1. The molecule has 0 aliphatic rings. The van der Waals surface area contributed by atoms with Crippen LogP contribution in [0.5, 0.6) is 0 Å². The third-order valence-corrected chi connectivity index (χ3v) is 4.60. The molecule has 0 saturated carbocycles.